The molecule has 0 fully saturated rings. The maximum atomic E-state index is 11.6. The number of carbonyl (C=O) groups excluding carboxylic acids is 1. The fourth-order valence-electron chi connectivity index (χ4n) is 1.40. The minimum Gasteiger partial charge on any atom is -0.496 e. The van der Waals surface area contributed by atoms with Crippen LogP contribution in [0.4, 0.5) is 5.13 Å². The number of anilines is 1. The van der Waals surface area contributed by atoms with E-state index < -0.39 is 0 Å². The van der Waals surface area contributed by atoms with E-state index in [2.05, 4.69) is 10.3 Å². The van der Waals surface area contributed by atoms with Crippen LogP contribution in [0.3, 0.4) is 0 Å². The summed E-state index contributed by atoms with van der Waals surface area (Å²) in [6.45, 7) is 0. The second-order valence-corrected chi connectivity index (χ2v) is 4.30. The predicted octanol–water partition coefficient (Wildman–Crippen LogP) is 2.80. The van der Waals surface area contributed by atoms with Crippen LogP contribution in [0.1, 0.15) is 5.56 Å². The molecule has 4 nitrogen and oxygen atoms in total. The van der Waals surface area contributed by atoms with Gasteiger partial charge in [-0.15, -0.1) is 11.3 Å². The average molecular weight is 260 g/mol. The van der Waals surface area contributed by atoms with Crippen LogP contribution in [0.2, 0.25) is 0 Å². The number of para-hydroxylation sites is 1. The molecule has 0 radical (unpaired) electrons. The monoisotopic (exact) mass is 260 g/mol. The van der Waals surface area contributed by atoms with Crippen LogP contribution < -0.4 is 10.1 Å². The molecule has 2 aromatic rings. The molecule has 0 aliphatic carbocycles. The summed E-state index contributed by atoms with van der Waals surface area (Å²) in [7, 11) is 1.60. The predicted molar refractivity (Wildman–Crippen MR) is 72.8 cm³/mol. The number of methoxy groups -OCH3 is 1. The SMILES string of the molecule is COc1ccccc1C=CC(=O)Nc1nccs1. The van der Waals surface area contributed by atoms with Crippen molar-refractivity contribution in [2.45, 2.75) is 0 Å². The molecule has 0 saturated carbocycles. The van der Waals surface area contributed by atoms with E-state index in [1.54, 1.807) is 24.8 Å². The van der Waals surface area contributed by atoms with Gasteiger partial charge in [-0.25, -0.2) is 4.98 Å². The smallest absolute Gasteiger partial charge is 0.250 e. The van der Waals surface area contributed by atoms with E-state index in [0.29, 0.717) is 5.13 Å². The van der Waals surface area contributed by atoms with Gasteiger partial charge in [0.1, 0.15) is 5.75 Å². The third-order valence-corrected chi connectivity index (χ3v) is 2.90. The van der Waals surface area contributed by atoms with Crippen molar-refractivity contribution in [2.75, 3.05) is 12.4 Å². The average Bonchev–Trinajstić information content (AvgIpc) is 2.89. The van der Waals surface area contributed by atoms with E-state index in [1.165, 1.54) is 17.4 Å². The summed E-state index contributed by atoms with van der Waals surface area (Å²) in [6.07, 6.45) is 4.81. The second-order valence-electron chi connectivity index (χ2n) is 3.40. The first-order valence-corrected chi connectivity index (χ1v) is 6.19. The van der Waals surface area contributed by atoms with Gasteiger partial charge in [-0.05, 0) is 12.1 Å². The summed E-state index contributed by atoms with van der Waals surface area (Å²) in [4.78, 5) is 15.6. The zero-order valence-electron chi connectivity index (χ0n) is 9.79. The van der Waals surface area contributed by atoms with E-state index in [-0.39, 0.29) is 5.91 Å². The van der Waals surface area contributed by atoms with Gasteiger partial charge in [0.2, 0.25) is 5.91 Å². The lowest BCUT2D eigenvalue weighted by Crippen LogP contribution is -2.07. The largest absolute Gasteiger partial charge is 0.496 e. The number of hydrogen-bond donors (Lipinski definition) is 1. The van der Waals surface area contributed by atoms with Gasteiger partial charge in [-0.3, -0.25) is 10.1 Å². The van der Waals surface area contributed by atoms with E-state index in [4.69, 9.17) is 4.74 Å². The molecule has 0 atom stereocenters. The van der Waals surface area contributed by atoms with Crippen LogP contribution >= 0.6 is 11.3 Å². The Kier molecular flexibility index (Phi) is 4.09. The molecule has 1 heterocycles. The number of thiazole rings is 1. The Morgan fingerprint density at radius 2 is 2.28 bits per heavy atom. The molecule has 1 aromatic heterocycles. The van der Waals surface area contributed by atoms with Gasteiger partial charge < -0.3 is 4.74 Å². The van der Waals surface area contributed by atoms with Crippen molar-refractivity contribution in [2.24, 2.45) is 0 Å². The van der Waals surface area contributed by atoms with Gasteiger partial charge >= 0.3 is 0 Å². The number of rotatable bonds is 4. The van der Waals surface area contributed by atoms with Gasteiger partial charge in [-0.1, -0.05) is 18.2 Å². The number of ether oxygens (including phenoxy) is 1. The quantitative estimate of drug-likeness (QED) is 0.860. The number of nitrogens with one attached hydrogen (secondary N) is 1. The van der Waals surface area contributed by atoms with Crippen molar-refractivity contribution in [3.05, 3.63) is 47.5 Å². The van der Waals surface area contributed by atoms with Crippen molar-refractivity contribution in [3.63, 3.8) is 0 Å². The lowest BCUT2D eigenvalue weighted by Gasteiger charge is -2.03. The molecule has 0 bridgehead atoms. The fraction of sp³-hybridized carbons (Fsp3) is 0.0769. The normalized spacial score (nSPS) is 10.5. The zero-order valence-corrected chi connectivity index (χ0v) is 10.6. The molecule has 0 aliphatic heterocycles. The highest BCUT2D eigenvalue weighted by atomic mass is 32.1. The Labute approximate surface area is 109 Å². The lowest BCUT2D eigenvalue weighted by atomic mass is 10.2. The van der Waals surface area contributed by atoms with Gasteiger partial charge in [-0.2, -0.15) is 0 Å². The molecule has 18 heavy (non-hydrogen) atoms. The van der Waals surface area contributed by atoms with Crippen LogP contribution in [0, 0.1) is 0 Å². The molecule has 1 amide bonds. The molecule has 5 heteroatoms. The lowest BCUT2D eigenvalue weighted by molar-refractivity contribution is -0.111. The number of nitrogens with zero attached hydrogens (tertiary/aromatic N) is 1. The highest BCUT2D eigenvalue weighted by Gasteiger charge is 2.01. The summed E-state index contributed by atoms with van der Waals surface area (Å²) in [5, 5.41) is 5.06. The van der Waals surface area contributed by atoms with Gasteiger partial charge in [0, 0.05) is 23.2 Å². The van der Waals surface area contributed by atoms with Gasteiger partial charge in [0.05, 0.1) is 7.11 Å². The number of benzene rings is 1. The Morgan fingerprint density at radius 3 is 3.00 bits per heavy atom. The number of hydrogen-bond acceptors (Lipinski definition) is 4. The zero-order chi connectivity index (χ0) is 12.8. The summed E-state index contributed by atoms with van der Waals surface area (Å²) in [6, 6.07) is 7.50. The minimum absolute atomic E-state index is 0.212. The second kappa shape index (κ2) is 5.97. The van der Waals surface area contributed by atoms with Crippen molar-refractivity contribution in [1.29, 1.82) is 0 Å². The standard InChI is InChI=1S/C13H12N2O2S/c1-17-11-5-3-2-4-10(11)6-7-12(16)15-13-14-8-9-18-13/h2-9H,1H3,(H,14,15,16). The Bertz CT molecular complexity index is 550. The number of aromatic nitrogens is 1. The Hall–Kier alpha value is -2.14. The first-order chi connectivity index (χ1) is 8.79. The Morgan fingerprint density at radius 1 is 1.44 bits per heavy atom. The molecule has 2 rings (SSSR count). The molecular weight excluding hydrogens is 248 g/mol. The minimum atomic E-state index is -0.212. The van der Waals surface area contributed by atoms with E-state index >= 15 is 0 Å². The molecule has 0 aliphatic rings. The molecule has 1 aromatic carbocycles. The van der Waals surface area contributed by atoms with Crippen LogP contribution in [-0.4, -0.2) is 18.0 Å². The summed E-state index contributed by atoms with van der Waals surface area (Å²) in [5.74, 6) is 0.520. The van der Waals surface area contributed by atoms with Crippen LogP contribution in [-0.2, 0) is 4.79 Å². The maximum Gasteiger partial charge on any atom is 0.250 e. The number of carbonyl (C=O) groups is 1. The fourth-order valence-corrected chi connectivity index (χ4v) is 1.93. The summed E-state index contributed by atoms with van der Waals surface area (Å²) < 4.78 is 5.19. The highest BCUT2D eigenvalue weighted by molar-refractivity contribution is 7.13. The van der Waals surface area contributed by atoms with Crippen LogP contribution in [0.25, 0.3) is 6.08 Å². The van der Waals surface area contributed by atoms with Gasteiger partial charge in [0.25, 0.3) is 0 Å². The summed E-state index contributed by atoms with van der Waals surface area (Å²) >= 11 is 1.38. The van der Waals surface area contributed by atoms with Crippen molar-refractivity contribution in [3.8, 4) is 5.75 Å². The Balaban J connectivity index is 2.04. The third kappa shape index (κ3) is 3.18. The first-order valence-electron chi connectivity index (χ1n) is 5.31. The molecule has 1 N–H and O–H groups in total. The van der Waals surface area contributed by atoms with Crippen molar-refractivity contribution in [1.82, 2.24) is 4.98 Å². The van der Waals surface area contributed by atoms with E-state index in [9.17, 15) is 4.79 Å². The van der Waals surface area contributed by atoms with Crippen molar-refractivity contribution >= 4 is 28.5 Å². The summed E-state index contributed by atoms with van der Waals surface area (Å²) in [5.41, 5.74) is 0.856. The number of amides is 1. The van der Waals surface area contributed by atoms with Crippen LogP contribution in [0.15, 0.2) is 41.9 Å². The first kappa shape index (κ1) is 12.3. The molecule has 0 saturated heterocycles. The molecule has 0 spiro atoms. The van der Waals surface area contributed by atoms with E-state index in [0.717, 1.165) is 11.3 Å². The topological polar surface area (TPSA) is 51.2 Å². The van der Waals surface area contributed by atoms with Crippen molar-refractivity contribution < 1.29 is 9.53 Å². The van der Waals surface area contributed by atoms with Crippen LogP contribution in [0.5, 0.6) is 5.75 Å². The van der Waals surface area contributed by atoms with Gasteiger partial charge in [0.15, 0.2) is 5.13 Å². The molecular formula is C13H12N2O2S. The van der Waals surface area contributed by atoms with E-state index in [1.807, 2.05) is 24.3 Å². The molecule has 92 valence electrons. The highest BCUT2D eigenvalue weighted by Crippen LogP contribution is 2.18. The third-order valence-electron chi connectivity index (χ3n) is 2.22. The molecule has 0 unspecified atom stereocenters. The maximum absolute atomic E-state index is 11.6.